The summed E-state index contributed by atoms with van der Waals surface area (Å²) >= 11 is 12.7. The van der Waals surface area contributed by atoms with Crippen LogP contribution in [-0.2, 0) is 32.1 Å². The highest BCUT2D eigenvalue weighted by molar-refractivity contribution is 6.34. The third-order valence-electron chi connectivity index (χ3n) is 19.9. The van der Waals surface area contributed by atoms with Crippen molar-refractivity contribution in [2.45, 2.75) is 66.7 Å². The van der Waals surface area contributed by atoms with Gasteiger partial charge in [0, 0.05) is 118 Å². The topological polar surface area (TPSA) is 243 Å². The van der Waals surface area contributed by atoms with Crippen molar-refractivity contribution >= 4 is 109 Å². The molecule has 0 aliphatic heterocycles. The highest BCUT2D eigenvalue weighted by Crippen LogP contribution is 2.35. The Kier molecular flexibility index (Phi) is 32.8. The molecule has 15 rings (SSSR count). The summed E-state index contributed by atoms with van der Waals surface area (Å²) in [6.45, 7) is 10.3. The number of ketones is 5. The molecule has 0 aliphatic carbocycles. The number of carbonyl (C=O) groups is 5. The molecule has 0 fully saturated rings. The molecule has 0 unspecified atom stereocenters. The van der Waals surface area contributed by atoms with E-state index in [-0.39, 0.29) is 66.2 Å². The average molecular weight is 1720 g/mol. The Bertz CT molecular complexity index is 6150. The van der Waals surface area contributed by atoms with E-state index in [2.05, 4.69) is 60.7 Å². The number of Topliss-reactive ketones (excluding diaryl/α,β-unsaturated/α-hetero) is 5. The third-order valence-corrected chi connectivity index (χ3v) is 20.5. The molecule has 0 bridgehead atoms. The quantitative estimate of drug-likeness (QED) is 0.0361. The Morgan fingerprint density at radius 1 is 0.349 bits per heavy atom. The number of hydrogen-bond acceptors (Lipinski definition) is 21. The number of anilines is 10. The van der Waals surface area contributed by atoms with E-state index in [1.54, 1.807) is 147 Å². The van der Waals surface area contributed by atoms with Gasteiger partial charge in [0.1, 0.15) is 48.3 Å². The summed E-state index contributed by atoms with van der Waals surface area (Å²) in [5.41, 5.74) is 19.1. The second kappa shape index (κ2) is 45.1. The van der Waals surface area contributed by atoms with Crippen molar-refractivity contribution in [3.05, 3.63) is 411 Å². The molecule has 0 aliphatic rings. The number of benzene rings is 8. The Morgan fingerprint density at radius 2 is 0.730 bits per heavy atom. The molecule has 0 atom stereocenters. The fourth-order valence-corrected chi connectivity index (χ4v) is 13.7. The number of carbonyl (C=O) groups excluding carboxylic acids is 5. The lowest BCUT2D eigenvalue weighted by Gasteiger charge is -2.23. The first-order valence-corrected chi connectivity index (χ1v) is 40.7. The number of rotatable bonds is 26. The Hall–Kier alpha value is -15.1. The molecule has 7 heterocycles. The van der Waals surface area contributed by atoms with Crippen LogP contribution in [0.1, 0.15) is 115 Å². The van der Waals surface area contributed by atoms with Gasteiger partial charge in [0.2, 0.25) is 0 Å². The van der Waals surface area contributed by atoms with Crippen molar-refractivity contribution < 1.29 is 32.8 Å². The van der Waals surface area contributed by atoms with E-state index in [9.17, 15) is 32.8 Å². The van der Waals surface area contributed by atoms with Gasteiger partial charge in [0.25, 0.3) is 0 Å². The minimum absolute atomic E-state index is 0.000991. The van der Waals surface area contributed by atoms with Gasteiger partial charge in [-0.2, -0.15) is 0 Å². The van der Waals surface area contributed by atoms with E-state index in [1.807, 2.05) is 203 Å². The van der Waals surface area contributed by atoms with Gasteiger partial charge in [-0.15, -0.1) is 6.42 Å². The molecule has 0 N–H and O–H groups in total. The Morgan fingerprint density at radius 3 is 1.17 bits per heavy atom. The van der Waals surface area contributed by atoms with Crippen molar-refractivity contribution in [2.75, 3.05) is 59.2 Å². The lowest BCUT2D eigenvalue weighted by atomic mass is 10.0. The van der Waals surface area contributed by atoms with Gasteiger partial charge in [-0.05, 0) is 190 Å². The van der Waals surface area contributed by atoms with Crippen LogP contribution < -0.4 is 24.5 Å². The van der Waals surface area contributed by atoms with Gasteiger partial charge in [-0.1, -0.05) is 131 Å². The van der Waals surface area contributed by atoms with Crippen LogP contribution in [0, 0.1) is 51.7 Å². The zero-order valence-electron chi connectivity index (χ0n) is 70.9. The summed E-state index contributed by atoms with van der Waals surface area (Å²) in [6.07, 6.45) is 29.5. The molecule has 8 aromatic carbocycles. The van der Waals surface area contributed by atoms with E-state index in [0.29, 0.717) is 79.3 Å². The minimum atomic E-state index is -0.363. The molecule has 0 saturated heterocycles. The molecule has 126 heavy (non-hydrogen) atoms. The number of aryl methyl sites for hydroxylation is 4. The summed E-state index contributed by atoms with van der Waals surface area (Å²) in [7, 11) is 7.44. The molecule has 0 spiro atoms. The van der Waals surface area contributed by atoms with E-state index in [4.69, 9.17) is 29.6 Å². The first-order chi connectivity index (χ1) is 60.9. The van der Waals surface area contributed by atoms with E-state index < -0.39 is 0 Å². The van der Waals surface area contributed by atoms with Crippen molar-refractivity contribution in [2.24, 2.45) is 0 Å². The standard InChI is InChI=1S/C22H21FN2O.C21H16ClN3O.C20H18FN3O.C19H17ClN4O.C19H18N4O/c1-3-25(20-8-5-9-24-15-20)21-12-17(11-19(23)14-21)13-22(26)18-7-4-6-16(2)10-18;1-3-15-5-4-6-17(9-15)21(26)11-16-7-8-19(22)20(10-16)25(2)18-12-23-14-24-13-18;1-14-4-3-5-16(8-14)20(25)10-15-6-7-18(21)19(9-15)24(2)17-11-22-13-23-12-17;1-13-4-3-5-17(23-13)19(25)9-14-6-7-16(20)18(8-14)24(2)15-10-21-12-22-11-15;1-14-5-3-8-18(22-14)19(24)10-15-6-4-7-16(9-15)23(2)17-11-20-13-21-12-17/h4-12,14-15H,3,13H2,1-2H3;1,4-10,12-14H,11H2,2H3;3-9,11-13H,10H2,1-2H3;3-8,10-12H,9H2,1-2H3;3-9,11-13H,10H2,1-2H3. The number of terminal acetylenes is 1. The zero-order chi connectivity index (χ0) is 89.6. The number of nitrogens with zero attached hydrogens (tertiary/aromatic N) is 16. The number of pyridine rings is 3. The lowest BCUT2D eigenvalue weighted by Crippen LogP contribution is -2.17. The zero-order valence-corrected chi connectivity index (χ0v) is 72.4. The molecule has 15 aromatic rings. The average Bonchev–Trinajstić information content (AvgIpc) is 0.836. The van der Waals surface area contributed by atoms with Crippen LogP contribution >= 0.6 is 23.2 Å². The van der Waals surface area contributed by atoms with Gasteiger partial charge in [0.05, 0.1) is 111 Å². The fraction of sp³-hybridized carbons (Fsp3) is 0.149. The maximum atomic E-state index is 14.3. The summed E-state index contributed by atoms with van der Waals surface area (Å²) in [5.74, 6) is 1.81. The SMILES string of the molecule is C#Cc1cccc(C(=O)Cc2ccc(Cl)c(N(C)c3cncnc3)c2)c1.CCN(c1cccnc1)c1cc(F)cc(CC(=O)c2cccc(C)c2)c1.Cc1cccc(C(=O)Cc2ccc(Cl)c(N(C)c3cncnc3)c2)n1.Cc1cccc(C(=O)Cc2ccc(F)c(N(C)c3cncnc3)c2)c1.Cc1cccc(C(=O)Cc2cccc(N(C)c3cncnc3)c2)n1. The summed E-state index contributed by atoms with van der Waals surface area (Å²) < 4.78 is 28.5. The van der Waals surface area contributed by atoms with Crippen LogP contribution in [0.3, 0.4) is 0 Å². The predicted octanol–water partition coefficient (Wildman–Crippen LogP) is 20.9. The Balaban J connectivity index is 0.000000153. The van der Waals surface area contributed by atoms with Crippen LogP contribution in [0.15, 0.2) is 306 Å². The highest BCUT2D eigenvalue weighted by atomic mass is 35.5. The van der Waals surface area contributed by atoms with Gasteiger partial charge >= 0.3 is 0 Å². The van der Waals surface area contributed by atoms with E-state index >= 15 is 0 Å². The van der Waals surface area contributed by atoms with Crippen molar-refractivity contribution in [1.29, 1.82) is 0 Å². The lowest BCUT2D eigenvalue weighted by molar-refractivity contribution is 0.0980. The first-order valence-electron chi connectivity index (χ1n) is 40.0. The first kappa shape index (κ1) is 91.6. The smallest absolute Gasteiger partial charge is 0.185 e. The Labute approximate surface area is 741 Å². The molecule has 0 radical (unpaired) electrons. The van der Waals surface area contributed by atoms with Crippen LogP contribution in [0.4, 0.5) is 65.7 Å². The summed E-state index contributed by atoms with van der Waals surface area (Å²) in [6, 6.07) is 65.2. The van der Waals surface area contributed by atoms with Gasteiger partial charge in [-0.3, -0.25) is 38.9 Å². The predicted molar refractivity (Wildman–Crippen MR) is 494 cm³/mol. The minimum Gasteiger partial charge on any atom is -0.342 e. The van der Waals surface area contributed by atoms with Gasteiger partial charge in [0.15, 0.2) is 28.9 Å². The van der Waals surface area contributed by atoms with Gasteiger partial charge in [-0.25, -0.2) is 48.7 Å². The van der Waals surface area contributed by atoms with Crippen LogP contribution in [-0.4, -0.2) is 118 Å². The highest BCUT2D eigenvalue weighted by Gasteiger charge is 2.20. The fourth-order valence-electron chi connectivity index (χ4n) is 13.2. The second-order valence-corrected chi connectivity index (χ2v) is 30.0. The summed E-state index contributed by atoms with van der Waals surface area (Å²) in [4.78, 5) is 117. The maximum Gasteiger partial charge on any atom is 0.185 e. The second-order valence-electron chi connectivity index (χ2n) is 29.2. The largest absolute Gasteiger partial charge is 0.342 e. The normalized spacial score (nSPS) is 10.4. The molecule has 7 aromatic heterocycles. The van der Waals surface area contributed by atoms with Crippen molar-refractivity contribution in [3.63, 3.8) is 0 Å². The van der Waals surface area contributed by atoms with Crippen molar-refractivity contribution in [3.8, 4) is 12.3 Å². The van der Waals surface area contributed by atoms with Crippen LogP contribution in [0.5, 0.6) is 0 Å². The molecule has 632 valence electrons. The number of halogens is 4. The molecule has 0 amide bonds. The van der Waals surface area contributed by atoms with Crippen molar-refractivity contribution in [1.82, 2.24) is 54.8 Å². The third kappa shape index (κ3) is 26.2. The molecular weight excluding hydrogens is 1630 g/mol. The van der Waals surface area contributed by atoms with E-state index in [1.165, 1.54) is 43.5 Å². The van der Waals surface area contributed by atoms with Crippen LogP contribution in [0.2, 0.25) is 10.0 Å². The molecule has 0 saturated carbocycles. The molecular formula is C101H90Cl2F2N16O5. The monoisotopic (exact) mass is 1710 g/mol. The van der Waals surface area contributed by atoms with E-state index in [0.717, 1.165) is 84.6 Å². The molecule has 25 heteroatoms. The maximum absolute atomic E-state index is 14.3. The summed E-state index contributed by atoms with van der Waals surface area (Å²) in [5, 5.41) is 1.18. The van der Waals surface area contributed by atoms with Gasteiger partial charge < -0.3 is 24.5 Å². The molecule has 21 nitrogen and oxygen atoms in total. The number of aromatic nitrogens is 11. The number of hydrogen-bond donors (Lipinski definition) is 0. The van der Waals surface area contributed by atoms with Crippen LogP contribution in [0.25, 0.3) is 0 Å².